The smallest absolute Gasteiger partial charge is 0.290 e. The van der Waals surface area contributed by atoms with E-state index in [4.69, 9.17) is 14.2 Å². The number of thioether (sulfide) groups is 1. The topological polar surface area (TPSA) is 73.9 Å². The average Bonchev–Trinajstić information content (AvgIpc) is 3.15. The van der Waals surface area contributed by atoms with Crippen molar-refractivity contribution in [1.82, 2.24) is 5.32 Å². The quantitative estimate of drug-likeness (QED) is 0.321. The highest BCUT2D eigenvalue weighted by atomic mass is 32.2. The van der Waals surface area contributed by atoms with E-state index in [2.05, 4.69) is 52.9 Å². The molecule has 2 heterocycles. The molecule has 0 aromatic heterocycles. The van der Waals surface area contributed by atoms with Crippen molar-refractivity contribution >= 4 is 29.0 Å². The van der Waals surface area contributed by atoms with Crippen LogP contribution in [0.2, 0.25) is 0 Å². The fourth-order valence-corrected chi connectivity index (χ4v) is 5.30. The van der Waals surface area contributed by atoms with Crippen LogP contribution in [0.25, 0.3) is 6.08 Å². The molecule has 2 aromatic rings. The average molecular weight is 522 g/mol. The summed E-state index contributed by atoms with van der Waals surface area (Å²) in [5.74, 6) is 2.32. The minimum absolute atomic E-state index is 0.344. The summed E-state index contributed by atoms with van der Waals surface area (Å²) in [6.45, 7) is 15.5. The SMILES string of the molecule is CC(C)=CCOc1c(C)c(C)c2c(c1C)CCC(C)(COc1ccc(C=C3SC(=O)NC3=O)cc1C)O2. The molecule has 0 saturated carbocycles. The van der Waals surface area contributed by atoms with Gasteiger partial charge in [-0.25, -0.2) is 0 Å². The summed E-state index contributed by atoms with van der Waals surface area (Å²) in [7, 11) is 0. The zero-order chi connectivity index (χ0) is 26.9. The molecule has 0 spiro atoms. The van der Waals surface area contributed by atoms with Crippen molar-refractivity contribution in [2.45, 2.75) is 66.9 Å². The molecule has 0 radical (unpaired) electrons. The molecule has 7 heteroatoms. The van der Waals surface area contributed by atoms with Gasteiger partial charge in [-0.3, -0.25) is 14.9 Å². The molecular formula is C30H35NO5S. The number of rotatable bonds is 7. The van der Waals surface area contributed by atoms with Gasteiger partial charge in [0.25, 0.3) is 11.1 Å². The van der Waals surface area contributed by atoms with Crippen LogP contribution in [0.5, 0.6) is 17.2 Å². The van der Waals surface area contributed by atoms with E-state index in [9.17, 15) is 9.59 Å². The van der Waals surface area contributed by atoms with Crippen molar-refractivity contribution in [1.29, 1.82) is 0 Å². The van der Waals surface area contributed by atoms with Gasteiger partial charge in [0.05, 0.1) is 4.91 Å². The van der Waals surface area contributed by atoms with Crippen molar-refractivity contribution in [2.75, 3.05) is 13.2 Å². The maximum Gasteiger partial charge on any atom is 0.290 e. The van der Waals surface area contributed by atoms with Gasteiger partial charge in [-0.1, -0.05) is 11.6 Å². The molecule has 0 bridgehead atoms. The zero-order valence-electron chi connectivity index (χ0n) is 22.7. The summed E-state index contributed by atoms with van der Waals surface area (Å²) in [4.78, 5) is 23.6. The number of hydrogen-bond acceptors (Lipinski definition) is 6. The Labute approximate surface area is 223 Å². The first kappa shape index (κ1) is 26.9. The van der Waals surface area contributed by atoms with Crippen molar-refractivity contribution in [2.24, 2.45) is 0 Å². The molecule has 0 aliphatic carbocycles. The number of carbonyl (C=O) groups excluding carboxylic acids is 2. The van der Waals surface area contributed by atoms with Gasteiger partial charge in [-0.15, -0.1) is 0 Å². The Bertz CT molecular complexity index is 1320. The lowest BCUT2D eigenvalue weighted by atomic mass is 9.87. The number of nitrogens with one attached hydrogen (secondary N) is 1. The minimum Gasteiger partial charge on any atom is -0.489 e. The highest BCUT2D eigenvalue weighted by Crippen LogP contribution is 2.44. The summed E-state index contributed by atoms with van der Waals surface area (Å²) in [6, 6.07) is 5.74. The molecule has 37 heavy (non-hydrogen) atoms. The van der Waals surface area contributed by atoms with Crippen LogP contribution in [0.4, 0.5) is 4.79 Å². The molecule has 2 aliphatic heterocycles. The Balaban J connectivity index is 1.48. The van der Waals surface area contributed by atoms with Crippen LogP contribution in [0.3, 0.4) is 0 Å². The summed E-state index contributed by atoms with van der Waals surface area (Å²) in [5, 5.41) is 1.93. The normalized spacial score (nSPS) is 19.8. The molecule has 1 N–H and O–H groups in total. The molecule has 1 fully saturated rings. The lowest BCUT2D eigenvalue weighted by molar-refractivity contribution is -0.115. The van der Waals surface area contributed by atoms with Gasteiger partial charge in [0.15, 0.2) is 0 Å². The second kappa shape index (κ2) is 10.7. The first-order valence-electron chi connectivity index (χ1n) is 12.5. The Morgan fingerprint density at radius 3 is 2.51 bits per heavy atom. The van der Waals surface area contributed by atoms with E-state index in [1.165, 1.54) is 11.1 Å². The largest absolute Gasteiger partial charge is 0.489 e. The molecule has 1 atom stereocenters. The highest BCUT2D eigenvalue weighted by Gasteiger charge is 2.36. The van der Waals surface area contributed by atoms with E-state index >= 15 is 0 Å². The number of ether oxygens (including phenoxy) is 3. The predicted octanol–water partition coefficient (Wildman–Crippen LogP) is 6.75. The van der Waals surface area contributed by atoms with E-state index in [-0.39, 0.29) is 11.1 Å². The number of hydrogen-bond donors (Lipinski definition) is 1. The number of fused-ring (bicyclic) bond motifs is 1. The van der Waals surface area contributed by atoms with Crippen LogP contribution in [0.15, 0.2) is 34.8 Å². The summed E-state index contributed by atoms with van der Waals surface area (Å²) >= 11 is 0.914. The Hall–Kier alpha value is -3.19. The van der Waals surface area contributed by atoms with Crippen LogP contribution < -0.4 is 19.5 Å². The Morgan fingerprint density at radius 1 is 1.11 bits per heavy atom. The molecule has 1 unspecified atom stereocenters. The van der Waals surface area contributed by atoms with E-state index in [1.54, 1.807) is 6.08 Å². The zero-order valence-corrected chi connectivity index (χ0v) is 23.5. The van der Waals surface area contributed by atoms with Crippen LogP contribution in [0.1, 0.15) is 60.6 Å². The number of aryl methyl sites for hydroxylation is 1. The highest BCUT2D eigenvalue weighted by molar-refractivity contribution is 8.18. The van der Waals surface area contributed by atoms with Gasteiger partial charge in [0, 0.05) is 5.56 Å². The first-order valence-corrected chi connectivity index (χ1v) is 13.3. The third kappa shape index (κ3) is 5.87. The number of imide groups is 1. The van der Waals surface area contributed by atoms with Gasteiger partial charge in [-0.05, 0) is 125 Å². The van der Waals surface area contributed by atoms with Crippen molar-refractivity contribution in [3.05, 3.63) is 68.1 Å². The molecule has 196 valence electrons. The third-order valence-electron chi connectivity index (χ3n) is 6.95. The Morgan fingerprint density at radius 2 is 1.86 bits per heavy atom. The molecule has 6 nitrogen and oxygen atoms in total. The lowest BCUT2D eigenvalue weighted by Gasteiger charge is -2.38. The second-order valence-corrected chi connectivity index (χ2v) is 11.3. The minimum atomic E-state index is -0.465. The molecule has 4 rings (SSSR count). The summed E-state index contributed by atoms with van der Waals surface area (Å²) < 4.78 is 19.0. The van der Waals surface area contributed by atoms with Crippen LogP contribution in [-0.4, -0.2) is 30.0 Å². The van der Waals surface area contributed by atoms with Crippen molar-refractivity contribution in [3.8, 4) is 17.2 Å². The van der Waals surface area contributed by atoms with Gasteiger partial charge in [0.1, 0.15) is 36.1 Å². The Kier molecular flexibility index (Phi) is 7.74. The van der Waals surface area contributed by atoms with Crippen molar-refractivity contribution in [3.63, 3.8) is 0 Å². The predicted molar refractivity (Wildman–Crippen MR) is 149 cm³/mol. The van der Waals surface area contributed by atoms with Gasteiger partial charge in [-0.2, -0.15) is 0 Å². The lowest BCUT2D eigenvalue weighted by Crippen LogP contribution is -2.42. The molecular weight excluding hydrogens is 486 g/mol. The molecule has 2 aromatic carbocycles. The van der Waals surface area contributed by atoms with Crippen LogP contribution in [0, 0.1) is 27.7 Å². The number of allylic oxidation sites excluding steroid dienone is 1. The number of benzene rings is 2. The van der Waals surface area contributed by atoms with Gasteiger partial charge in [0.2, 0.25) is 0 Å². The van der Waals surface area contributed by atoms with E-state index < -0.39 is 5.60 Å². The van der Waals surface area contributed by atoms with Gasteiger partial charge >= 0.3 is 0 Å². The molecule has 2 aliphatic rings. The van der Waals surface area contributed by atoms with E-state index in [0.29, 0.717) is 18.1 Å². The molecule has 2 amide bonds. The van der Waals surface area contributed by atoms with Gasteiger partial charge < -0.3 is 14.2 Å². The maximum atomic E-state index is 11.8. The van der Waals surface area contributed by atoms with Crippen LogP contribution >= 0.6 is 11.8 Å². The molecule has 1 saturated heterocycles. The fourth-order valence-electron chi connectivity index (χ4n) is 4.62. The van der Waals surface area contributed by atoms with E-state index in [0.717, 1.165) is 69.7 Å². The van der Waals surface area contributed by atoms with Crippen molar-refractivity contribution < 1.29 is 23.8 Å². The maximum absolute atomic E-state index is 11.8. The standard InChI is InChI=1S/C30H35NO5S/c1-17(2)11-13-34-26-19(4)20(5)27-23(21(26)6)10-12-30(7,36-27)16-35-24-9-8-22(14-18(24)3)15-25-28(32)31-29(33)37-25/h8-9,11,14-15H,10,12-13,16H2,1-7H3,(H,31,32,33). The number of carbonyl (C=O) groups is 2. The summed E-state index contributed by atoms with van der Waals surface area (Å²) in [5.41, 5.74) is 7.16. The first-order chi connectivity index (χ1) is 17.5. The van der Waals surface area contributed by atoms with E-state index in [1.807, 2.05) is 25.1 Å². The summed E-state index contributed by atoms with van der Waals surface area (Å²) in [6.07, 6.45) is 5.54. The third-order valence-corrected chi connectivity index (χ3v) is 7.76. The van der Waals surface area contributed by atoms with Crippen LogP contribution in [-0.2, 0) is 11.2 Å². The fraction of sp³-hybridized carbons (Fsp3) is 0.400. The second-order valence-electron chi connectivity index (χ2n) is 10.3. The number of amides is 2. The monoisotopic (exact) mass is 521 g/mol.